The van der Waals surface area contributed by atoms with Crippen molar-refractivity contribution in [3.8, 4) is 0 Å². The van der Waals surface area contributed by atoms with Gasteiger partial charge in [-0.3, -0.25) is 13.8 Å². The highest BCUT2D eigenvalue weighted by atomic mass is 32.2. The van der Waals surface area contributed by atoms with Gasteiger partial charge in [0.1, 0.15) is 11.5 Å². The van der Waals surface area contributed by atoms with Crippen LogP contribution >= 0.6 is 0 Å². The van der Waals surface area contributed by atoms with E-state index in [-0.39, 0.29) is 11.7 Å². The van der Waals surface area contributed by atoms with Crippen molar-refractivity contribution in [3.05, 3.63) is 0 Å². The summed E-state index contributed by atoms with van der Waals surface area (Å²) in [5.74, 6) is -1.94. The van der Waals surface area contributed by atoms with E-state index in [2.05, 4.69) is 0 Å². The molecule has 15 heavy (non-hydrogen) atoms. The third-order valence-corrected chi connectivity index (χ3v) is 3.36. The second-order valence-corrected chi connectivity index (χ2v) is 4.99. The molecule has 5 nitrogen and oxygen atoms in total. The number of carbonyl (C=O) groups is 2. The monoisotopic (exact) mass is 233 g/mol. The molecule has 0 aromatic carbocycles. The van der Waals surface area contributed by atoms with Gasteiger partial charge >= 0.3 is 5.97 Å². The van der Waals surface area contributed by atoms with E-state index in [0.29, 0.717) is 12.6 Å². The van der Waals surface area contributed by atoms with E-state index >= 15 is 0 Å². The molecule has 1 aliphatic rings. The van der Waals surface area contributed by atoms with Crippen molar-refractivity contribution in [3.63, 3.8) is 0 Å². The predicted molar refractivity (Wildman–Crippen MR) is 55.9 cm³/mol. The molecule has 0 bridgehead atoms. The van der Waals surface area contributed by atoms with Crippen LogP contribution in [-0.2, 0) is 20.4 Å². The number of aliphatic carboxylic acids is 1. The Morgan fingerprint density at radius 3 is 2.40 bits per heavy atom. The molecule has 1 N–H and O–H groups in total. The Balaban J connectivity index is 2.39. The Hall–Kier alpha value is -0.910. The minimum atomic E-state index is -1.58. The highest BCUT2D eigenvalue weighted by Crippen LogP contribution is 2.26. The zero-order valence-electron chi connectivity index (χ0n) is 8.64. The van der Waals surface area contributed by atoms with Gasteiger partial charge in [-0.2, -0.15) is 0 Å². The zero-order chi connectivity index (χ0) is 11.4. The topological polar surface area (TPSA) is 74.7 Å². The van der Waals surface area contributed by atoms with Crippen LogP contribution in [0.4, 0.5) is 0 Å². The first-order valence-corrected chi connectivity index (χ1v) is 6.39. The van der Waals surface area contributed by atoms with Gasteiger partial charge in [0.25, 0.3) is 0 Å². The van der Waals surface area contributed by atoms with Crippen LogP contribution < -0.4 is 0 Å². The fraction of sp³-hybridized carbons (Fsp3) is 0.778. The number of hydrogen-bond acceptors (Lipinski definition) is 3. The lowest BCUT2D eigenvalue weighted by Crippen LogP contribution is -2.36. The van der Waals surface area contributed by atoms with Crippen LogP contribution in [0.1, 0.15) is 19.8 Å². The summed E-state index contributed by atoms with van der Waals surface area (Å²) in [6, 6.07) is 0.296. The Labute approximate surface area is 90.9 Å². The fourth-order valence-corrected chi connectivity index (χ4v) is 2.25. The molecule has 1 aliphatic carbocycles. The summed E-state index contributed by atoms with van der Waals surface area (Å²) in [6.45, 7) is 2.48. The van der Waals surface area contributed by atoms with Gasteiger partial charge in [0.15, 0.2) is 0 Å². The second kappa shape index (κ2) is 5.25. The van der Waals surface area contributed by atoms with Crippen LogP contribution in [0.3, 0.4) is 0 Å². The van der Waals surface area contributed by atoms with Gasteiger partial charge in [-0.25, -0.2) is 0 Å². The average molecular weight is 233 g/mol. The standard InChI is InChI=1S/C9H15NO4S/c1-2-10(7-3-4-7)8(11)5-15(14)6-9(12)13/h7H,2-6H2,1H3,(H,12,13). The number of carboxylic acid groups (broad SMARTS) is 1. The van der Waals surface area contributed by atoms with Gasteiger partial charge < -0.3 is 10.0 Å². The van der Waals surface area contributed by atoms with E-state index in [4.69, 9.17) is 5.11 Å². The molecule has 1 atom stereocenters. The third kappa shape index (κ3) is 3.99. The SMILES string of the molecule is CCN(C(=O)CS(=O)CC(=O)O)C1CC1. The molecule has 0 radical (unpaired) electrons. The maximum atomic E-state index is 11.6. The summed E-state index contributed by atoms with van der Waals surface area (Å²) in [6.07, 6.45) is 2.01. The highest BCUT2D eigenvalue weighted by molar-refractivity contribution is 7.86. The summed E-state index contributed by atoms with van der Waals surface area (Å²) in [4.78, 5) is 23.5. The number of nitrogens with zero attached hydrogens (tertiary/aromatic N) is 1. The van der Waals surface area contributed by atoms with Gasteiger partial charge in [0.2, 0.25) is 5.91 Å². The van der Waals surface area contributed by atoms with Crippen molar-refractivity contribution in [2.24, 2.45) is 0 Å². The minimum absolute atomic E-state index is 0.170. The molecule has 0 aliphatic heterocycles. The van der Waals surface area contributed by atoms with E-state index in [1.165, 1.54) is 0 Å². The first kappa shape index (κ1) is 12.2. The molecule has 1 unspecified atom stereocenters. The fourth-order valence-electron chi connectivity index (χ4n) is 1.43. The predicted octanol–water partition coefficient (Wildman–Crippen LogP) is -0.169. The van der Waals surface area contributed by atoms with Crippen LogP contribution in [-0.4, -0.2) is 50.2 Å². The molecule has 0 spiro atoms. The lowest BCUT2D eigenvalue weighted by molar-refractivity contribution is -0.134. The van der Waals surface area contributed by atoms with E-state index in [0.717, 1.165) is 12.8 Å². The Bertz CT molecular complexity index is 288. The Morgan fingerprint density at radius 1 is 1.40 bits per heavy atom. The van der Waals surface area contributed by atoms with Gasteiger partial charge in [-0.05, 0) is 19.8 Å². The molecule has 1 fully saturated rings. The number of carboxylic acids is 1. The van der Waals surface area contributed by atoms with Crippen LogP contribution in [0, 0.1) is 0 Å². The summed E-state index contributed by atoms with van der Waals surface area (Å²) >= 11 is 0. The third-order valence-electron chi connectivity index (χ3n) is 2.22. The van der Waals surface area contributed by atoms with Gasteiger partial charge in [0, 0.05) is 23.4 Å². The smallest absolute Gasteiger partial charge is 0.316 e. The molecule has 6 heteroatoms. The van der Waals surface area contributed by atoms with Crippen molar-refractivity contribution in [2.45, 2.75) is 25.8 Å². The number of hydrogen-bond donors (Lipinski definition) is 1. The highest BCUT2D eigenvalue weighted by Gasteiger charge is 2.31. The average Bonchev–Trinajstić information content (AvgIpc) is 2.87. The summed E-state index contributed by atoms with van der Waals surface area (Å²) in [5, 5.41) is 8.40. The lowest BCUT2D eigenvalue weighted by atomic mass is 10.4. The first-order chi connectivity index (χ1) is 7.04. The van der Waals surface area contributed by atoms with Gasteiger partial charge in [0.05, 0.1) is 0 Å². The molecule has 0 aromatic rings. The molecular weight excluding hydrogens is 218 g/mol. The number of amides is 1. The van der Waals surface area contributed by atoms with Crippen LogP contribution in [0.5, 0.6) is 0 Å². The van der Waals surface area contributed by atoms with Crippen LogP contribution in [0.25, 0.3) is 0 Å². The second-order valence-electron chi connectivity index (χ2n) is 3.53. The number of rotatable bonds is 6. The maximum absolute atomic E-state index is 11.6. The summed E-state index contributed by atoms with van der Waals surface area (Å²) < 4.78 is 11.2. The van der Waals surface area contributed by atoms with Crippen molar-refractivity contribution in [2.75, 3.05) is 18.1 Å². The Morgan fingerprint density at radius 2 is 2.00 bits per heavy atom. The normalized spacial score (nSPS) is 17.1. The molecule has 0 saturated heterocycles. The first-order valence-electron chi connectivity index (χ1n) is 4.90. The number of carbonyl (C=O) groups excluding carboxylic acids is 1. The van der Waals surface area contributed by atoms with Crippen molar-refractivity contribution < 1.29 is 18.9 Å². The van der Waals surface area contributed by atoms with Gasteiger partial charge in [-0.1, -0.05) is 0 Å². The van der Waals surface area contributed by atoms with Gasteiger partial charge in [-0.15, -0.1) is 0 Å². The molecule has 0 heterocycles. The molecule has 1 rings (SSSR count). The molecule has 1 amide bonds. The zero-order valence-corrected chi connectivity index (χ0v) is 9.46. The summed E-state index contributed by atoms with van der Waals surface area (Å²) in [5.41, 5.74) is 0. The molecule has 0 aromatic heterocycles. The van der Waals surface area contributed by atoms with Crippen molar-refractivity contribution >= 4 is 22.7 Å². The van der Waals surface area contributed by atoms with E-state index < -0.39 is 22.5 Å². The van der Waals surface area contributed by atoms with E-state index in [1.807, 2.05) is 6.92 Å². The molecular formula is C9H15NO4S. The molecule has 1 saturated carbocycles. The minimum Gasteiger partial charge on any atom is -0.481 e. The van der Waals surface area contributed by atoms with Crippen molar-refractivity contribution in [1.82, 2.24) is 4.90 Å². The Kier molecular flexibility index (Phi) is 4.26. The maximum Gasteiger partial charge on any atom is 0.316 e. The molecule has 86 valence electrons. The van der Waals surface area contributed by atoms with E-state index in [1.54, 1.807) is 4.90 Å². The largest absolute Gasteiger partial charge is 0.481 e. The van der Waals surface area contributed by atoms with E-state index in [9.17, 15) is 13.8 Å². The van der Waals surface area contributed by atoms with Crippen LogP contribution in [0.2, 0.25) is 0 Å². The van der Waals surface area contributed by atoms with Crippen LogP contribution in [0.15, 0.2) is 0 Å². The lowest BCUT2D eigenvalue weighted by Gasteiger charge is -2.19. The quantitative estimate of drug-likeness (QED) is 0.691. The van der Waals surface area contributed by atoms with Crippen molar-refractivity contribution in [1.29, 1.82) is 0 Å². The summed E-state index contributed by atoms with van der Waals surface area (Å²) in [7, 11) is -1.58.